The van der Waals surface area contributed by atoms with E-state index in [-0.39, 0.29) is 16.4 Å². The Hall–Kier alpha value is -1.18. The van der Waals surface area contributed by atoms with Gasteiger partial charge < -0.3 is 10.5 Å². The van der Waals surface area contributed by atoms with E-state index in [0.29, 0.717) is 23.8 Å². The maximum absolute atomic E-state index is 13.7. The predicted octanol–water partition coefficient (Wildman–Crippen LogP) is 4.98. The maximum atomic E-state index is 13.7. The lowest BCUT2D eigenvalue weighted by atomic mass is 9.95. The van der Waals surface area contributed by atoms with Crippen LogP contribution in [0, 0.1) is 5.41 Å². The van der Waals surface area contributed by atoms with Crippen molar-refractivity contribution >= 4 is 33.2 Å². The van der Waals surface area contributed by atoms with Crippen molar-refractivity contribution in [2.24, 2.45) is 5.73 Å². The molecule has 1 aromatic carbocycles. The number of alkyl halides is 2. The normalized spacial score (nSPS) is 25.7. The van der Waals surface area contributed by atoms with Gasteiger partial charge >= 0.3 is 0 Å². The zero-order valence-corrected chi connectivity index (χ0v) is 17.0. The molecule has 1 aliphatic heterocycles. The Morgan fingerprint density at radius 3 is 2.85 bits per heavy atom. The second kappa shape index (κ2) is 8.23. The fraction of sp³-hybridized carbons (Fsp3) is 0.474. The standard InChI is InChI=1S/C19H26F2N2OS2/c1-18(8-9-24-16(12-18)15(22)11-17(23)25-3)26(4)14-7-5-6-13(10-14)19(2,20)21/h5-7,10-11,16,23H,4,8-9,12,22H2,1-3H3/b15-11-,23-17?. The van der Waals surface area contributed by atoms with Crippen LogP contribution in [0.15, 0.2) is 40.9 Å². The molecule has 3 nitrogen and oxygen atoms in total. The van der Waals surface area contributed by atoms with Gasteiger partial charge in [0, 0.05) is 34.4 Å². The maximum Gasteiger partial charge on any atom is 0.270 e. The van der Waals surface area contributed by atoms with Crippen LogP contribution in [0.3, 0.4) is 0 Å². The van der Waals surface area contributed by atoms with Crippen LogP contribution in [0.5, 0.6) is 0 Å². The van der Waals surface area contributed by atoms with Gasteiger partial charge in [0.05, 0.1) is 11.1 Å². The SMILES string of the molecule is C=S(c1cccc(C(C)(F)F)c1)C1(C)CCOC(/C(N)=C/C(=N)SC)C1. The van der Waals surface area contributed by atoms with Gasteiger partial charge in [0.25, 0.3) is 5.92 Å². The van der Waals surface area contributed by atoms with E-state index in [1.807, 2.05) is 12.3 Å². The number of hydrogen-bond donors (Lipinski definition) is 2. The Kier molecular flexibility index (Phi) is 6.69. The van der Waals surface area contributed by atoms with Crippen molar-refractivity contribution in [1.82, 2.24) is 0 Å². The summed E-state index contributed by atoms with van der Waals surface area (Å²) < 4.78 is 32.9. The lowest BCUT2D eigenvalue weighted by molar-refractivity contribution is 0.0171. The summed E-state index contributed by atoms with van der Waals surface area (Å²) in [6.45, 7) is 3.55. The molecule has 26 heavy (non-hydrogen) atoms. The molecule has 7 heteroatoms. The van der Waals surface area contributed by atoms with Crippen LogP contribution in [-0.4, -0.2) is 34.6 Å². The van der Waals surface area contributed by atoms with E-state index in [0.717, 1.165) is 18.2 Å². The van der Waals surface area contributed by atoms with Crippen LogP contribution in [0.25, 0.3) is 0 Å². The molecule has 3 N–H and O–H groups in total. The third kappa shape index (κ3) is 4.96. The third-order valence-corrected chi connectivity index (χ3v) is 7.62. The molecule has 0 radical (unpaired) electrons. The molecule has 0 spiro atoms. The molecule has 1 saturated heterocycles. The number of halogens is 2. The van der Waals surface area contributed by atoms with E-state index in [4.69, 9.17) is 15.9 Å². The van der Waals surface area contributed by atoms with Gasteiger partial charge in [0.15, 0.2) is 0 Å². The van der Waals surface area contributed by atoms with Crippen molar-refractivity contribution in [3.8, 4) is 0 Å². The largest absolute Gasteiger partial charge is 0.400 e. The van der Waals surface area contributed by atoms with Gasteiger partial charge in [-0.15, -0.1) is 11.8 Å². The molecule has 3 unspecified atom stereocenters. The first-order valence-electron chi connectivity index (χ1n) is 8.30. The summed E-state index contributed by atoms with van der Waals surface area (Å²) >= 11 is 1.31. The van der Waals surface area contributed by atoms with Gasteiger partial charge in [-0.05, 0) is 37.3 Å². The average Bonchev–Trinajstić information content (AvgIpc) is 2.60. The highest BCUT2D eigenvalue weighted by Gasteiger charge is 2.37. The molecule has 0 aliphatic carbocycles. The fourth-order valence-electron chi connectivity index (χ4n) is 2.92. The molecule has 0 saturated carbocycles. The first-order valence-corrected chi connectivity index (χ1v) is 10.9. The number of thioether (sulfide) groups is 1. The van der Waals surface area contributed by atoms with E-state index in [2.05, 4.69) is 12.8 Å². The van der Waals surface area contributed by atoms with E-state index in [1.54, 1.807) is 18.2 Å². The summed E-state index contributed by atoms with van der Waals surface area (Å²) in [5.74, 6) is 1.45. The van der Waals surface area contributed by atoms with Crippen molar-refractivity contribution in [1.29, 1.82) is 5.41 Å². The lowest BCUT2D eigenvalue weighted by Gasteiger charge is -2.40. The Labute approximate surface area is 160 Å². The highest BCUT2D eigenvalue weighted by molar-refractivity contribution is 8.15. The monoisotopic (exact) mass is 400 g/mol. The van der Waals surface area contributed by atoms with Gasteiger partial charge in [-0.3, -0.25) is 5.41 Å². The first kappa shape index (κ1) is 21.1. The molecule has 1 aromatic rings. The fourth-order valence-corrected chi connectivity index (χ4v) is 4.94. The van der Waals surface area contributed by atoms with E-state index in [9.17, 15) is 8.78 Å². The summed E-state index contributed by atoms with van der Waals surface area (Å²) in [5.41, 5.74) is 6.67. The third-order valence-electron chi connectivity index (χ3n) is 4.68. The van der Waals surface area contributed by atoms with Gasteiger partial charge in [0.1, 0.15) is 0 Å². The lowest BCUT2D eigenvalue weighted by Crippen LogP contribution is -2.39. The molecule has 144 valence electrons. The van der Waals surface area contributed by atoms with Crippen LogP contribution in [0.1, 0.15) is 32.3 Å². The molecular formula is C19H26F2N2OS2. The van der Waals surface area contributed by atoms with Crippen molar-refractivity contribution in [2.45, 2.75) is 48.4 Å². The summed E-state index contributed by atoms with van der Waals surface area (Å²) in [6.07, 6.45) is 4.60. The number of rotatable bonds is 5. The number of nitrogens with two attached hydrogens (primary N) is 1. The van der Waals surface area contributed by atoms with E-state index >= 15 is 0 Å². The van der Waals surface area contributed by atoms with Crippen molar-refractivity contribution in [3.05, 3.63) is 41.6 Å². The van der Waals surface area contributed by atoms with Crippen molar-refractivity contribution in [3.63, 3.8) is 0 Å². The highest BCUT2D eigenvalue weighted by Crippen LogP contribution is 2.47. The Morgan fingerprint density at radius 2 is 2.23 bits per heavy atom. The predicted molar refractivity (Wildman–Crippen MR) is 110 cm³/mol. The second-order valence-electron chi connectivity index (χ2n) is 6.78. The number of nitrogens with one attached hydrogen (secondary N) is 1. The molecule has 0 bridgehead atoms. The smallest absolute Gasteiger partial charge is 0.270 e. The van der Waals surface area contributed by atoms with Crippen LogP contribution in [0.4, 0.5) is 8.78 Å². The molecule has 1 heterocycles. The van der Waals surface area contributed by atoms with Crippen LogP contribution >= 0.6 is 22.2 Å². The minimum Gasteiger partial charge on any atom is -0.400 e. The van der Waals surface area contributed by atoms with Crippen LogP contribution in [0.2, 0.25) is 0 Å². The number of ether oxygens (including phenoxy) is 1. The molecule has 1 aliphatic rings. The quantitative estimate of drug-likeness (QED) is 0.416. The van der Waals surface area contributed by atoms with Gasteiger partial charge in [-0.25, -0.2) is 8.78 Å². The van der Waals surface area contributed by atoms with Crippen molar-refractivity contribution < 1.29 is 13.5 Å². The van der Waals surface area contributed by atoms with Crippen molar-refractivity contribution in [2.75, 3.05) is 12.9 Å². The molecule has 1 fully saturated rings. The Balaban J connectivity index is 2.25. The second-order valence-corrected chi connectivity index (χ2v) is 9.87. The summed E-state index contributed by atoms with van der Waals surface area (Å²) in [4.78, 5) is 0.826. The Morgan fingerprint density at radius 1 is 1.54 bits per heavy atom. The molecule has 0 amide bonds. The van der Waals surface area contributed by atoms with E-state index in [1.165, 1.54) is 17.8 Å². The minimum absolute atomic E-state index is 0.0104. The van der Waals surface area contributed by atoms with Gasteiger partial charge in [-0.1, -0.05) is 24.9 Å². The van der Waals surface area contributed by atoms with Crippen LogP contribution in [-0.2, 0) is 10.7 Å². The van der Waals surface area contributed by atoms with Gasteiger partial charge in [0.2, 0.25) is 0 Å². The molecule has 3 atom stereocenters. The summed E-state index contributed by atoms with van der Waals surface area (Å²) in [5, 5.41) is 8.14. The van der Waals surface area contributed by atoms with E-state index < -0.39 is 16.4 Å². The molecule has 2 rings (SSSR count). The highest BCUT2D eigenvalue weighted by atomic mass is 32.2. The average molecular weight is 401 g/mol. The topological polar surface area (TPSA) is 59.1 Å². The summed E-state index contributed by atoms with van der Waals surface area (Å²) in [6, 6.07) is 6.55. The first-order chi connectivity index (χ1) is 12.1. The molecular weight excluding hydrogens is 374 g/mol. The molecule has 0 aromatic heterocycles. The van der Waals surface area contributed by atoms with Crippen LogP contribution < -0.4 is 5.73 Å². The zero-order valence-electron chi connectivity index (χ0n) is 15.4. The van der Waals surface area contributed by atoms with Gasteiger partial charge in [-0.2, -0.15) is 10.5 Å². The Bertz CT molecular complexity index is 730. The minimum atomic E-state index is -2.87. The zero-order chi connectivity index (χ0) is 19.5. The summed E-state index contributed by atoms with van der Waals surface area (Å²) in [7, 11) is -0.487. The number of benzene rings is 1. The number of hydrogen-bond acceptors (Lipinski definition) is 4.